The predicted octanol–water partition coefficient (Wildman–Crippen LogP) is 2.64. The van der Waals surface area contributed by atoms with Gasteiger partial charge in [-0.2, -0.15) is 0 Å². The molecular weight excluding hydrogens is 296 g/mol. The number of aromatic amines is 1. The highest BCUT2D eigenvalue weighted by molar-refractivity contribution is 9.10. The van der Waals surface area contributed by atoms with Gasteiger partial charge < -0.3 is 0 Å². The lowest BCUT2D eigenvalue weighted by Gasteiger charge is -2.09. The first-order valence-corrected chi connectivity index (χ1v) is 6.85. The molecule has 0 amide bonds. The van der Waals surface area contributed by atoms with Gasteiger partial charge in [-0.25, -0.2) is 4.79 Å². The van der Waals surface area contributed by atoms with Gasteiger partial charge in [-0.15, -0.1) is 0 Å². The van der Waals surface area contributed by atoms with Gasteiger partial charge in [0.25, 0.3) is 5.56 Å². The zero-order chi connectivity index (χ0) is 13.1. The average Bonchev–Trinajstić information content (AvgIpc) is 2.33. The third-order valence-corrected chi connectivity index (χ3v) is 3.44. The topological polar surface area (TPSA) is 54.9 Å². The summed E-state index contributed by atoms with van der Waals surface area (Å²) in [5.74, 6) is 0. The van der Waals surface area contributed by atoms with Crippen molar-refractivity contribution in [3.63, 3.8) is 0 Å². The third kappa shape index (κ3) is 2.56. The number of unbranched alkanes of at least 4 members (excludes halogenated alkanes) is 2. The fraction of sp³-hybridized carbons (Fsp3) is 0.385. The van der Waals surface area contributed by atoms with Gasteiger partial charge >= 0.3 is 5.69 Å². The van der Waals surface area contributed by atoms with Crippen LogP contribution in [0.25, 0.3) is 10.9 Å². The van der Waals surface area contributed by atoms with Gasteiger partial charge in [-0.05, 0) is 24.6 Å². The summed E-state index contributed by atoms with van der Waals surface area (Å²) in [4.78, 5) is 25.9. The van der Waals surface area contributed by atoms with Crippen molar-refractivity contribution in [1.82, 2.24) is 9.55 Å². The van der Waals surface area contributed by atoms with Crippen molar-refractivity contribution in [3.05, 3.63) is 43.5 Å². The van der Waals surface area contributed by atoms with Crippen LogP contribution in [0.2, 0.25) is 0 Å². The summed E-state index contributed by atoms with van der Waals surface area (Å²) in [6.07, 6.45) is 3.10. The maximum absolute atomic E-state index is 11.9. The first kappa shape index (κ1) is 13.1. The van der Waals surface area contributed by atoms with Crippen molar-refractivity contribution in [3.8, 4) is 0 Å². The van der Waals surface area contributed by atoms with E-state index < -0.39 is 0 Å². The van der Waals surface area contributed by atoms with Crippen molar-refractivity contribution in [2.75, 3.05) is 0 Å². The van der Waals surface area contributed by atoms with Crippen molar-refractivity contribution in [1.29, 1.82) is 0 Å². The molecule has 0 fully saturated rings. The number of hydrogen-bond acceptors (Lipinski definition) is 2. The third-order valence-electron chi connectivity index (χ3n) is 2.95. The Morgan fingerprint density at radius 1 is 1.28 bits per heavy atom. The van der Waals surface area contributed by atoms with Gasteiger partial charge in [0.05, 0.1) is 10.9 Å². The molecule has 0 aliphatic carbocycles. The van der Waals surface area contributed by atoms with Crippen LogP contribution in [0.5, 0.6) is 0 Å². The molecule has 0 unspecified atom stereocenters. The van der Waals surface area contributed by atoms with E-state index >= 15 is 0 Å². The zero-order valence-corrected chi connectivity index (χ0v) is 11.8. The summed E-state index contributed by atoms with van der Waals surface area (Å²) in [5, 5.41) is 0.550. The Hall–Kier alpha value is -1.36. The monoisotopic (exact) mass is 310 g/mol. The number of halogens is 1. The maximum Gasteiger partial charge on any atom is 0.328 e. The van der Waals surface area contributed by atoms with E-state index in [4.69, 9.17) is 0 Å². The number of H-pyrrole nitrogens is 1. The van der Waals surface area contributed by atoms with Crippen molar-refractivity contribution >= 4 is 26.8 Å². The Bertz CT molecular complexity index is 673. The van der Waals surface area contributed by atoms with Crippen LogP contribution in [0.4, 0.5) is 0 Å². The molecular formula is C13H15BrN2O2. The highest BCUT2D eigenvalue weighted by Crippen LogP contribution is 2.16. The van der Waals surface area contributed by atoms with Gasteiger partial charge in [0.2, 0.25) is 0 Å². The van der Waals surface area contributed by atoms with Gasteiger partial charge in [0, 0.05) is 11.0 Å². The molecule has 1 aromatic carbocycles. The molecule has 2 aromatic rings. The minimum Gasteiger partial charge on any atom is -0.293 e. The van der Waals surface area contributed by atoms with E-state index in [1.807, 2.05) is 6.07 Å². The lowest BCUT2D eigenvalue weighted by molar-refractivity contribution is 0.591. The highest BCUT2D eigenvalue weighted by atomic mass is 79.9. The van der Waals surface area contributed by atoms with Gasteiger partial charge in [0.15, 0.2) is 0 Å². The second kappa shape index (κ2) is 5.52. The van der Waals surface area contributed by atoms with Crippen LogP contribution in [0.15, 0.2) is 32.3 Å². The fourth-order valence-electron chi connectivity index (χ4n) is 2.00. The summed E-state index contributed by atoms with van der Waals surface area (Å²) in [6, 6.07) is 5.35. The van der Waals surface area contributed by atoms with E-state index in [1.165, 1.54) is 0 Å². The highest BCUT2D eigenvalue weighted by Gasteiger charge is 2.07. The van der Waals surface area contributed by atoms with E-state index in [2.05, 4.69) is 27.8 Å². The Morgan fingerprint density at radius 2 is 2.06 bits per heavy atom. The average molecular weight is 311 g/mol. The molecule has 0 saturated carbocycles. The fourth-order valence-corrected chi connectivity index (χ4v) is 2.35. The molecule has 0 atom stereocenters. The van der Waals surface area contributed by atoms with E-state index in [0.29, 0.717) is 17.4 Å². The van der Waals surface area contributed by atoms with E-state index in [0.717, 1.165) is 23.7 Å². The Balaban J connectivity index is 2.59. The molecule has 4 nitrogen and oxygen atoms in total. The smallest absolute Gasteiger partial charge is 0.293 e. The SMILES string of the molecule is CCCCCn1c(=O)[nH]c(=O)c2ccc(Br)cc21. The molecule has 0 aliphatic rings. The van der Waals surface area contributed by atoms with Crippen molar-refractivity contribution in [2.24, 2.45) is 0 Å². The second-order valence-electron chi connectivity index (χ2n) is 4.28. The van der Waals surface area contributed by atoms with Crippen LogP contribution in [0.1, 0.15) is 26.2 Å². The molecule has 1 N–H and O–H groups in total. The minimum absolute atomic E-state index is 0.325. The molecule has 1 aromatic heterocycles. The summed E-state index contributed by atoms with van der Waals surface area (Å²) >= 11 is 3.37. The number of aryl methyl sites for hydroxylation is 1. The Kier molecular flexibility index (Phi) is 4.01. The Labute approximate surface area is 113 Å². The summed E-state index contributed by atoms with van der Waals surface area (Å²) in [7, 11) is 0. The summed E-state index contributed by atoms with van der Waals surface area (Å²) in [6.45, 7) is 2.75. The molecule has 2 rings (SSSR count). The molecule has 5 heteroatoms. The van der Waals surface area contributed by atoms with Crippen LogP contribution < -0.4 is 11.2 Å². The van der Waals surface area contributed by atoms with Gasteiger partial charge in [-0.3, -0.25) is 14.3 Å². The van der Waals surface area contributed by atoms with E-state index in [1.54, 1.807) is 16.7 Å². The molecule has 0 saturated heterocycles. The molecule has 0 bridgehead atoms. The Morgan fingerprint density at radius 3 is 2.78 bits per heavy atom. The number of nitrogens with one attached hydrogen (secondary N) is 1. The van der Waals surface area contributed by atoms with E-state index in [-0.39, 0.29) is 11.2 Å². The van der Waals surface area contributed by atoms with Crippen LogP contribution in [0, 0.1) is 0 Å². The van der Waals surface area contributed by atoms with Crippen molar-refractivity contribution in [2.45, 2.75) is 32.7 Å². The van der Waals surface area contributed by atoms with Gasteiger partial charge in [0.1, 0.15) is 0 Å². The molecule has 0 aliphatic heterocycles. The van der Waals surface area contributed by atoms with Crippen LogP contribution >= 0.6 is 15.9 Å². The van der Waals surface area contributed by atoms with Crippen molar-refractivity contribution < 1.29 is 0 Å². The molecule has 96 valence electrons. The first-order chi connectivity index (χ1) is 8.63. The molecule has 1 heterocycles. The predicted molar refractivity (Wildman–Crippen MR) is 76.1 cm³/mol. The lowest BCUT2D eigenvalue weighted by atomic mass is 10.2. The number of aromatic nitrogens is 2. The standard InChI is InChI=1S/C13H15BrN2O2/c1-2-3-4-7-16-11-8-9(14)5-6-10(11)12(17)15-13(16)18/h5-6,8H,2-4,7H2,1H3,(H,15,17,18). The van der Waals surface area contributed by atoms with Crippen LogP contribution in [-0.2, 0) is 6.54 Å². The zero-order valence-electron chi connectivity index (χ0n) is 10.2. The molecule has 18 heavy (non-hydrogen) atoms. The lowest BCUT2D eigenvalue weighted by Crippen LogP contribution is -2.30. The largest absolute Gasteiger partial charge is 0.328 e. The van der Waals surface area contributed by atoms with Crippen LogP contribution in [-0.4, -0.2) is 9.55 Å². The molecule has 0 spiro atoms. The van der Waals surface area contributed by atoms with E-state index in [9.17, 15) is 9.59 Å². The number of rotatable bonds is 4. The normalized spacial score (nSPS) is 11.0. The maximum atomic E-state index is 11.9. The summed E-state index contributed by atoms with van der Waals surface area (Å²) < 4.78 is 2.50. The summed E-state index contributed by atoms with van der Waals surface area (Å²) in [5.41, 5.74) is 0.0326. The minimum atomic E-state index is -0.332. The number of fused-ring (bicyclic) bond motifs is 1. The van der Waals surface area contributed by atoms with Gasteiger partial charge in [-0.1, -0.05) is 35.7 Å². The number of benzene rings is 1. The first-order valence-electron chi connectivity index (χ1n) is 6.06. The van der Waals surface area contributed by atoms with Crippen LogP contribution in [0.3, 0.4) is 0 Å². The quantitative estimate of drug-likeness (QED) is 0.883. The number of hydrogen-bond donors (Lipinski definition) is 1. The molecule has 0 radical (unpaired) electrons. The second-order valence-corrected chi connectivity index (χ2v) is 5.20. The number of nitrogens with zero attached hydrogens (tertiary/aromatic N) is 1.